The van der Waals surface area contributed by atoms with Gasteiger partial charge in [0.05, 0.1) is 22.7 Å². The van der Waals surface area contributed by atoms with Crippen LogP contribution in [0.4, 0.5) is 40.3 Å². The molecule has 1 atom stereocenters. The second-order valence-corrected chi connectivity index (χ2v) is 18.7. The van der Waals surface area contributed by atoms with Crippen molar-refractivity contribution >= 4 is 65.4 Å². The van der Waals surface area contributed by atoms with Crippen LogP contribution >= 0.6 is 15.9 Å². The minimum atomic E-state index is -0.750. The van der Waals surface area contributed by atoms with Crippen molar-refractivity contribution in [3.05, 3.63) is 123 Å². The van der Waals surface area contributed by atoms with Gasteiger partial charge in [0.15, 0.2) is 0 Å². The van der Waals surface area contributed by atoms with Gasteiger partial charge in [-0.1, -0.05) is 94.1 Å². The standard InChI is InChI=1S/C14H21BFNO.C14H19BFNO.C13H18FN.C7H8BBrFNO.CH4.O.Pd/c2*1-10-3-5-11(6-4-10)12-7-8-14(13(16)9-12)17-15(2)18;1-9-2-4-10(5-3-9)11-6-7-13(15)12(14)8-11;1-8(12)11-7-3-2-5(9)4-6(7)10;;;/h7-11,17-18H,3-6H2,1-2H3;5,7-10,17-18H,3-4,6H2,1-2H3;6-10H,2-5,15H2,1H3;2-4,11-12H,1H3;1H4;;. The summed E-state index contributed by atoms with van der Waals surface area (Å²) in [6.07, 6.45) is 15.1. The zero-order chi connectivity index (χ0) is 48.2. The van der Waals surface area contributed by atoms with E-state index in [0.29, 0.717) is 33.4 Å². The van der Waals surface area contributed by atoms with E-state index in [1.54, 1.807) is 62.2 Å². The van der Waals surface area contributed by atoms with Crippen molar-refractivity contribution in [1.82, 2.24) is 0 Å². The molecular formula is C49H70B3BrF4N4O4Pd. The van der Waals surface area contributed by atoms with Crippen molar-refractivity contribution in [2.45, 2.75) is 131 Å². The zero-order valence-electron chi connectivity index (χ0n) is 38.4. The fraction of sp³-hybridized carbons (Fsp3) is 0.469. The molecule has 17 heteroatoms. The molecule has 0 radical (unpaired) electrons. The van der Waals surface area contributed by atoms with Crippen LogP contribution in [0.3, 0.4) is 0 Å². The van der Waals surface area contributed by atoms with E-state index in [9.17, 15) is 27.6 Å². The summed E-state index contributed by atoms with van der Waals surface area (Å²) in [4.78, 5) is 0. The number of rotatable bonds is 9. The van der Waals surface area contributed by atoms with Crippen molar-refractivity contribution in [2.24, 2.45) is 17.8 Å². The van der Waals surface area contributed by atoms with Gasteiger partial charge >= 0.3 is 43.8 Å². The Hall–Kier alpha value is -3.44. The van der Waals surface area contributed by atoms with Gasteiger partial charge in [-0.15, -0.1) is 0 Å². The van der Waals surface area contributed by atoms with Crippen LogP contribution in [-0.4, -0.2) is 36.2 Å². The van der Waals surface area contributed by atoms with Crippen molar-refractivity contribution < 1.29 is 55.3 Å². The normalized spacial score (nSPS) is 19.6. The zero-order valence-corrected chi connectivity index (χ0v) is 41.6. The first-order valence-electron chi connectivity index (χ1n) is 22.6. The van der Waals surface area contributed by atoms with E-state index >= 15 is 0 Å². The van der Waals surface area contributed by atoms with Crippen LogP contribution in [-0.2, 0) is 22.6 Å². The quantitative estimate of drug-likeness (QED) is 0.0500. The number of nitrogens with one attached hydrogen (secondary N) is 3. The molecule has 8 N–H and O–H groups in total. The Kier molecular flexibility index (Phi) is 26.8. The SMILES string of the molecule is C.CB(O)Nc1ccc(Br)cc1F.CB(O)Nc1ccc(C2=CCC(C)CC2)cc1F.CB(O)Nc1ccc(C2CCC(C)CC2)cc1F.CC1CCC(c2ccc(N)c(F)c2)CC1.[O]=[Pd]. The predicted octanol–water partition coefficient (Wildman–Crippen LogP) is 13.5. The van der Waals surface area contributed by atoms with E-state index < -0.39 is 21.2 Å². The van der Waals surface area contributed by atoms with Crippen LogP contribution < -0.4 is 21.4 Å². The van der Waals surface area contributed by atoms with Crippen molar-refractivity contribution in [3.63, 3.8) is 0 Å². The fourth-order valence-electron chi connectivity index (χ4n) is 8.23. The molecule has 3 aliphatic rings. The Labute approximate surface area is 412 Å². The van der Waals surface area contributed by atoms with E-state index in [4.69, 9.17) is 14.2 Å². The van der Waals surface area contributed by atoms with Gasteiger partial charge in [-0.05, 0) is 172 Å². The molecule has 1 unspecified atom stereocenters. The summed E-state index contributed by atoms with van der Waals surface area (Å²) in [5.74, 6) is 2.17. The molecule has 0 bridgehead atoms. The molecule has 0 aromatic heterocycles. The number of anilines is 4. The second-order valence-electron chi connectivity index (χ2n) is 17.8. The number of allylic oxidation sites excluding steroid dienone is 2. The Morgan fingerprint density at radius 3 is 1.38 bits per heavy atom. The molecule has 4 aromatic rings. The van der Waals surface area contributed by atoms with Gasteiger partial charge < -0.3 is 36.5 Å². The number of nitrogen functional groups attached to an aromatic ring is 1. The number of nitrogens with two attached hydrogens (primary N) is 1. The van der Waals surface area contributed by atoms with E-state index in [0.717, 1.165) is 60.1 Å². The number of hydrogen-bond acceptors (Lipinski definition) is 8. The van der Waals surface area contributed by atoms with Crippen molar-refractivity contribution in [3.8, 4) is 0 Å². The van der Waals surface area contributed by atoms with E-state index in [1.807, 2.05) is 18.2 Å². The first-order chi connectivity index (χ1) is 30.9. The molecule has 8 nitrogen and oxygen atoms in total. The third-order valence-electron chi connectivity index (χ3n) is 12.0. The van der Waals surface area contributed by atoms with Crippen molar-refractivity contribution in [2.75, 3.05) is 21.4 Å². The van der Waals surface area contributed by atoms with Gasteiger partial charge in [-0.2, -0.15) is 0 Å². The first-order valence-corrected chi connectivity index (χ1v) is 24.1. The van der Waals surface area contributed by atoms with E-state index in [-0.39, 0.29) is 36.4 Å². The molecule has 2 saturated carbocycles. The Morgan fingerprint density at radius 2 is 0.985 bits per heavy atom. The summed E-state index contributed by atoms with van der Waals surface area (Å²) in [5.41, 5.74) is 11.1. The Bertz CT molecular complexity index is 2090. The Balaban J connectivity index is 0.000000300. The van der Waals surface area contributed by atoms with Crippen LogP contribution in [0.25, 0.3) is 5.57 Å². The average Bonchev–Trinajstić information content (AvgIpc) is 3.26. The van der Waals surface area contributed by atoms with E-state index in [2.05, 4.69) is 58.5 Å². The van der Waals surface area contributed by atoms with Crippen LogP contribution in [0, 0.1) is 41.0 Å². The Morgan fingerprint density at radius 1 is 0.576 bits per heavy atom. The van der Waals surface area contributed by atoms with Gasteiger partial charge in [0.2, 0.25) is 0 Å². The molecule has 3 aliphatic carbocycles. The summed E-state index contributed by atoms with van der Waals surface area (Å²) < 4.78 is 62.8. The molecule has 66 heavy (non-hydrogen) atoms. The van der Waals surface area contributed by atoms with Crippen LogP contribution in [0.1, 0.15) is 127 Å². The van der Waals surface area contributed by atoms with Gasteiger partial charge in [0, 0.05) is 4.47 Å². The molecule has 0 saturated heterocycles. The summed E-state index contributed by atoms with van der Waals surface area (Å²) >= 11 is 4.63. The number of halogens is 5. The second kappa shape index (κ2) is 30.1. The van der Waals surface area contributed by atoms with Gasteiger partial charge in [0.1, 0.15) is 23.3 Å². The molecule has 0 heterocycles. The summed E-state index contributed by atoms with van der Waals surface area (Å²) in [7, 11) is -2.23. The molecule has 0 aliphatic heterocycles. The number of benzene rings is 4. The molecule has 0 amide bonds. The number of hydrogen-bond donors (Lipinski definition) is 7. The monoisotopic (exact) mass is 1070 g/mol. The first kappa shape index (κ1) is 58.7. The topological polar surface area (TPSA) is 140 Å². The minimum absolute atomic E-state index is 0. The fourth-order valence-corrected chi connectivity index (χ4v) is 8.56. The van der Waals surface area contributed by atoms with Gasteiger partial charge in [-0.3, -0.25) is 0 Å². The van der Waals surface area contributed by atoms with Crippen LogP contribution in [0.5, 0.6) is 0 Å². The third-order valence-corrected chi connectivity index (χ3v) is 12.5. The van der Waals surface area contributed by atoms with Gasteiger partial charge in [0.25, 0.3) is 0 Å². The molecule has 364 valence electrons. The molecular weight excluding hydrogens is 1000 g/mol. The summed E-state index contributed by atoms with van der Waals surface area (Å²) in [6, 6.07) is 20.3. The maximum atomic E-state index is 13.9. The molecule has 7 rings (SSSR count). The maximum absolute atomic E-state index is 13.9. The molecule has 2 fully saturated rings. The van der Waals surface area contributed by atoms with Crippen LogP contribution in [0.15, 0.2) is 83.3 Å². The summed E-state index contributed by atoms with van der Waals surface area (Å²) in [6.45, 7) is 11.5. The molecule has 0 spiro atoms. The predicted molar refractivity (Wildman–Crippen MR) is 269 cm³/mol. The average molecular weight is 1070 g/mol. The summed E-state index contributed by atoms with van der Waals surface area (Å²) in [5, 5.41) is 35.2. The van der Waals surface area contributed by atoms with Crippen LogP contribution in [0.2, 0.25) is 20.5 Å². The van der Waals surface area contributed by atoms with Crippen molar-refractivity contribution in [1.29, 1.82) is 0 Å². The van der Waals surface area contributed by atoms with Gasteiger partial charge in [-0.25, -0.2) is 17.6 Å². The third kappa shape index (κ3) is 20.4. The van der Waals surface area contributed by atoms with E-state index in [1.165, 1.54) is 82.6 Å². The molecule has 4 aromatic carbocycles.